The number of carbonyl (C=O) groups is 2. The van der Waals surface area contributed by atoms with Crippen LogP contribution in [-0.4, -0.2) is 38.5 Å². The van der Waals surface area contributed by atoms with Gasteiger partial charge in [-0.3, -0.25) is 9.59 Å². The van der Waals surface area contributed by atoms with Gasteiger partial charge >= 0.3 is 0 Å². The topological polar surface area (TPSA) is 61.4 Å². The Morgan fingerprint density at radius 2 is 2.00 bits per heavy atom. The number of amides is 2. The van der Waals surface area contributed by atoms with Crippen LogP contribution < -0.4 is 15.5 Å². The Kier molecular flexibility index (Phi) is 6.87. The van der Waals surface area contributed by atoms with Crippen molar-refractivity contribution < 1.29 is 9.59 Å². The van der Waals surface area contributed by atoms with Crippen molar-refractivity contribution in [1.29, 1.82) is 0 Å². The first-order valence-electron chi connectivity index (χ1n) is 9.34. The van der Waals surface area contributed by atoms with E-state index in [-0.39, 0.29) is 11.8 Å². The molecule has 1 aliphatic heterocycles. The molecule has 146 valence electrons. The van der Waals surface area contributed by atoms with Crippen LogP contribution in [0.25, 0.3) is 6.08 Å². The molecule has 6 heteroatoms. The second-order valence-corrected chi connectivity index (χ2v) is 7.78. The van der Waals surface area contributed by atoms with Crippen LogP contribution in [0.5, 0.6) is 0 Å². The second kappa shape index (κ2) is 9.55. The Hall–Kier alpha value is -2.60. The average molecular weight is 442 g/mol. The predicted molar refractivity (Wildman–Crippen MR) is 116 cm³/mol. The van der Waals surface area contributed by atoms with Crippen molar-refractivity contribution in [1.82, 2.24) is 10.6 Å². The number of benzene rings is 2. The van der Waals surface area contributed by atoms with Crippen LogP contribution in [0, 0.1) is 5.92 Å². The number of halogens is 1. The third-order valence-electron chi connectivity index (χ3n) is 4.85. The molecule has 3 rings (SSSR count). The van der Waals surface area contributed by atoms with E-state index in [4.69, 9.17) is 0 Å². The third kappa shape index (κ3) is 5.45. The molecule has 2 amide bonds. The molecule has 2 N–H and O–H groups in total. The van der Waals surface area contributed by atoms with Gasteiger partial charge in [0.1, 0.15) is 0 Å². The Morgan fingerprint density at radius 3 is 2.71 bits per heavy atom. The number of hydrogen-bond donors (Lipinski definition) is 2. The van der Waals surface area contributed by atoms with Crippen molar-refractivity contribution in [2.45, 2.75) is 6.42 Å². The van der Waals surface area contributed by atoms with Gasteiger partial charge in [-0.1, -0.05) is 34.1 Å². The van der Waals surface area contributed by atoms with E-state index < -0.39 is 0 Å². The highest BCUT2D eigenvalue weighted by Crippen LogP contribution is 2.25. The summed E-state index contributed by atoms with van der Waals surface area (Å²) in [7, 11) is 1.60. The Bertz CT molecular complexity index is 864. The fourth-order valence-corrected chi connectivity index (χ4v) is 3.66. The van der Waals surface area contributed by atoms with Crippen molar-refractivity contribution in [2.24, 2.45) is 5.92 Å². The molecule has 0 saturated carbocycles. The lowest BCUT2D eigenvalue weighted by Gasteiger charge is -2.19. The zero-order valence-electron chi connectivity index (χ0n) is 15.8. The molecule has 1 fully saturated rings. The molecule has 1 atom stereocenters. The molecule has 1 unspecified atom stereocenters. The van der Waals surface area contributed by atoms with E-state index in [1.807, 2.05) is 24.3 Å². The van der Waals surface area contributed by atoms with E-state index >= 15 is 0 Å². The molecule has 0 bridgehead atoms. The third-order valence-corrected chi connectivity index (χ3v) is 5.34. The quantitative estimate of drug-likeness (QED) is 0.674. The first kappa shape index (κ1) is 20.1. The molecule has 5 nitrogen and oxygen atoms in total. The number of nitrogens with zero attached hydrogens (tertiary/aromatic N) is 1. The summed E-state index contributed by atoms with van der Waals surface area (Å²) >= 11 is 3.51. The van der Waals surface area contributed by atoms with Crippen molar-refractivity contribution >= 4 is 39.5 Å². The van der Waals surface area contributed by atoms with Crippen LogP contribution in [0.4, 0.5) is 5.69 Å². The fourth-order valence-electron chi connectivity index (χ4n) is 3.27. The summed E-state index contributed by atoms with van der Waals surface area (Å²) in [6, 6.07) is 15.4. The zero-order valence-corrected chi connectivity index (χ0v) is 17.4. The minimum absolute atomic E-state index is 0.101. The Morgan fingerprint density at radius 1 is 1.21 bits per heavy atom. The predicted octanol–water partition coefficient (Wildman–Crippen LogP) is 3.46. The lowest BCUT2D eigenvalue weighted by atomic mass is 10.1. The van der Waals surface area contributed by atoms with E-state index in [2.05, 4.69) is 43.6 Å². The maximum Gasteiger partial charge on any atom is 0.251 e. The number of nitrogens with one attached hydrogen (secondary N) is 2. The minimum Gasteiger partial charge on any atom is -0.371 e. The van der Waals surface area contributed by atoms with Crippen molar-refractivity contribution in [2.75, 3.05) is 31.6 Å². The van der Waals surface area contributed by atoms with Crippen molar-refractivity contribution in [3.05, 3.63) is 70.2 Å². The van der Waals surface area contributed by atoms with Crippen LogP contribution in [0.15, 0.2) is 59.1 Å². The van der Waals surface area contributed by atoms with Crippen LogP contribution in [0.2, 0.25) is 0 Å². The molecule has 1 saturated heterocycles. The zero-order chi connectivity index (χ0) is 19.9. The van der Waals surface area contributed by atoms with Gasteiger partial charge in [-0.05, 0) is 54.3 Å². The van der Waals surface area contributed by atoms with E-state index in [1.165, 1.54) is 11.8 Å². The van der Waals surface area contributed by atoms with Crippen molar-refractivity contribution in [3.8, 4) is 0 Å². The molecule has 1 aliphatic rings. The molecule has 1 heterocycles. The SMILES string of the molecule is CNC(=O)c1ccc(C=CC(=O)NCC2CCN(c3cccc(Br)c3)C2)cc1. The summed E-state index contributed by atoms with van der Waals surface area (Å²) in [5, 5.41) is 5.57. The van der Waals surface area contributed by atoms with Gasteiger partial charge in [0.25, 0.3) is 5.91 Å². The van der Waals surface area contributed by atoms with Gasteiger partial charge in [0, 0.05) is 48.5 Å². The summed E-state index contributed by atoms with van der Waals surface area (Å²) in [4.78, 5) is 26.0. The average Bonchev–Trinajstić information content (AvgIpc) is 3.19. The maximum atomic E-state index is 12.1. The van der Waals surface area contributed by atoms with Crippen molar-refractivity contribution in [3.63, 3.8) is 0 Å². The maximum absolute atomic E-state index is 12.1. The van der Waals surface area contributed by atoms with Crippen LogP contribution in [0.3, 0.4) is 0 Å². The smallest absolute Gasteiger partial charge is 0.251 e. The number of rotatable bonds is 6. The molecule has 0 spiro atoms. The molecular weight excluding hydrogens is 418 g/mol. The van der Waals surface area contributed by atoms with Gasteiger partial charge in [-0.25, -0.2) is 0 Å². The summed E-state index contributed by atoms with van der Waals surface area (Å²) in [5.41, 5.74) is 2.69. The fraction of sp³-hybridized carbons (Fsp3) is 0.273. The first-order valence-corrected chi connectivity index (χ1v) is 10.1. The van der Waals surface area contributed by atoms with Gasteiger partial charge in [-0.2, -0.15) is 0 Å². The highest BCUT2D eigenvalue weighted by molar-refractivity contribution is 9.10. The Labute approximate surface area is 173 Å². The molecule has 0 aromatic heterocycles. The molecule has 28 heavy (non-hydrogen) atoms. The van der Waals surface area contributed by atoms with Crippen LogP contribution in [-0.2, 0) is 4.79 Å². The number of anilines is 1. The molecule has 2 aromatic carbocycles. The highest BCUT2D eigenvalue weighted by Gasteiger charge is 2.22. The molecular formula is C22H24BrN3O2. The summed E-state index contributed by atoms with van der Waals surface area (Å²) < 4.78 is 1.08. The minimum atomic E-state index is -0.123. The van der Waals surface area contributed by atoms with Gasteiger partial charge in [-0.15, -0.1) is 0 Å². The summed E-state index contributed by atoms with van der Waals surface area (Å²) in [5.74, 6) is 0.223. The Balaban J connectivity index is 1.45. The van der Waals surface area contributed by atoms with E-state index in [0.717, 1.165) is 29.5 Å². The van der Waals surface area contributed by atoms with E-state index in [1.54, 1.807) is 25.3 Å². The highest BCUT2D eigenvalue weighted by atomic mass is 79.9. The monoisotopic (exact) mass is 441 g/mol. The summed E-state index contributed by atoms with van der Waals surface area (Å²) in [6.45, 7) is 2.62. The lowest BCUT2D eigenvalue weighted by molar-refractivity contribution is -0.116. The van der Waals surface area contributed by atoms with Gasteiger partial charge in [0.05, 0.1) is 0 Å². The van der Waals surface area contributed by atoms with Gasteiger partial charge < -0.3 is 15.5 Å². The van der Waals surface area contributed by atoms with Gasteiger partial charge in [0.2, 0.25) is 5.91 Å². The van der Waals surface area contributed by atoms with E-state index in [9.17, 15) is 9.59 Å². The normalized spacial score (nSPS) is 16.4. The molecule has 0 radical (unpaired) electrons. The van der Waals surface area contributed by atoms with E-state index in [0.29, 0.717) is 18.0 Å². The largest absolute Gasteiger partial charge is 0.371 e. The van der Waals surface area contributed by atoms with Crippen LogP contribution >= 0.6 is 15.9 Å². The first-order chi connectivity index (χ1) is 13.5. The number of carbonyl (C=O) groups excluding carboxylic acids is 2. The summed E-state index contributed by atoms with van der Waals surface area (Å²) in [6.07, 6.45) is 4.36. The van der Waals surface area contributed by atoms with Crippen LogP contribution in [0.1, 0.15) is 22.3 Å². The molecule has 2 aromatic rings. The molecule has 0 aliphatic carbocycles. The lowest BCUT2D eigenvalue weighted by Crippen LogP contribution is -2.29. The van der Waals surface area contributed by atoms with Gasteiger partial charge in [0.15, 0.2) is 0 Å². The number of hydrogen-bond acceptors (Lipinski definition) is 3. The second-order valence-electron chi connectivity index (χ2n) is 6.86. The standard InChI is InChI=1S/C22H24BrN3O2/c1-24-22(28)18-8-5-16(6-9-18)7-10-21(27)25-14-17-11-12-26(15-17)20-4-2-3-19(23)13-20/h2-10,13,17H,11-12,14-15H2,1H3,(H,24,28)(H,25,27).